The second kappa shape index (κ2) is 11.7. The first kappa shape index (κ1) is 25.2. The van der Waals surface area contributed by atoms with Crippen LogP contribution in [0.2, 0.25) is 0 Å². The molecule has 11 heteroatoms. The summed E-state index contributed by atoms with van der Waals surface area (Å²) in [7, 11) is 0. The minimum absolute atomic E-state index is 0.00171. The van der Waals surface area contributed by atoms with Gasteiger partial charge in [0.2, 0.25) is 17.6 Å². The van der Waals surface area contributed by atoms with Gasteiger partial charge in [0.25, 0.3) is 0 Å². The van der Waals surface area contributed by atoms with Gasteiger partial charge in [-0.15, -0.1) is 23.1 Å². The van der Waals surface area contributed by atoms with Gasteiger partial charge in [0.1, 0.15) is 6.04 Å². The van der Waals surface area contributed by atoms with Crippen LogP contribution in [0.1, 0.15) is 41.0 Å². The second-order valence-electron chi connectivity index (χ2n) is 8.76. The van der Waals surface area contributed by atoms with Gasteiger partial charge in [-0.1, -0.05) is 30.3 Å². The zero-order valence-electron chi connectivity index (χ0n) is 19.3. The lowest BCUT2D eigenvalue weighted by molar-refractivity contribution is -0.146. The lowest BCUT2D eigenvalue weighted by atomic mass is 9.89. The molecule has 2 fully saturated rings. The molecule has 2 amide bonds. The Morgan fingerprint density at radius 1 is 1.26 bits per heavy atom. The Bertz CT molecular complexity index is 1050. The highest BCUT2D eigenvalue weighted by Gasteiger charge is 2.47. The largest absolute Gasteiger partial charge is 0.370 e. The number of hydrogen-bond acceptors (Lipinski definition) is 7. The van der Waals surface area contributed by atoms with Crippen molar-refractivity contribution < 1.29 is 14.4 Å². The van der Waals surface area contributed by atoms with Crippen LogP contribution in [-0.2, 0) is 16.0 Å². The van der Waals surface area contributed by atoms with Crippen molar-refractivity contribution in [1.82, 2.24) is 20.5 Å². The molecule has 4 atom stereocenters. The highest BCUT2D eigenvalue weighted by Crippen LogP contribution is 2.39. The fourth-order valence-electron chi connectivity index (χ4n) is 4.61. The lowest BCUT2D eigenvalue weighted by Gasteiger charge is -2.37. The standard InChI is InChI=1S/C24H30N6O3S2/c25-24(26)28-10-4-7-17(20(31)22-27-11-12-34-22)29-21(32)18-14-35-19-9-8-16(23(33)30(18)19)13-15-5-2-1-3-6-15/h1-3,5-6,11-12,16-19H,4,7-10,13-14H2,(H,29,32)(H4,25,26,28). The molecule has 2 aromatic rings. The summed E-state index contributed by atoms with van der Waals surface area (Å²) in [6.45, 7) is 0.417. The first-order valence-corrected chi connectivity index (χ1v) is 13.7. The number of carbonyl (C=O) groups is 3. The van der Waals surface area contributed by atoms with E-state index in [9.17, 15) is 14.4 Å². The molecular weight excluding hydrogens is 484 g/mol. The maximum atomic E-state index is 13.4. The van der Waals surface area contributed by atoms with Crippen LogP contribution in [0.5, 0.6) is 0 Å². The molecule has 2 saturated heterocycles. The van der Waals surface area contributed by atoms with Gasteiger partial charge in [0, 0.05) is 29.8 Å². The third kappa shape index (κ3) is 6.21. The normalized spacial score (nSPS) is 22.3. The number of Topliss-reactive ketones (excluding diaryl/α,β-unsaturated/α-hetero) is 1. The molecule has 2 aliphatic heterocycles. The Morgan fingerprint density at radius 3 is 2.77 bits per heavy atom. The third-order valence-electron chi connectivity index (χ3n) is 6.35. The molecule has 4 unspecified atom stereocenters. The number of fused-ring (bicyclic) bond motifs is 1. The number of carbonyl (C=O) groups excluding carboxylic acids is 3. The molecule has 35 heavy (non-hydrogen) atoms. The SMILES string of the molecule is N=C(N)NCCCC(NC(=O)C1CSC2CCC(Cc3ccccc3)C(=O)N21)C(=O)c1nccs1. The van der Waals surface area contributed by atoms with Crippen LogP contribution in [0.15, 0.2) is 41.9 Å². The number of thiazole rings is 1. The summed E-state index contributed by atoms with van der Waals surface area (Å²) in [6.07, 6.45) is 4.80. The number of ketones is 1. The molecule has 2 aliphatic rings. The van der Waals surface area contributed by atoms with E-state index in [2.05, 4.69) is 15.6 Å². The molecule has 0 bridgehead atoms. The highest BCUT2D eigenvalue weighted by atomic mass is 32.2. The molecule has 0 radical (unpaired) electrons. The minimum Gasteiger partial charge on any atom is -0.370 e. The van der Waals surface area contributed by atoms with E-state index in [-0.39, 0.29) is 34.8 Å². The lowest BCUT2D eigenvalue weighted by Crippen LogP contribution is -2.56. The van der Waals surface area contributed by atoms with Crippen molar-refractivity contribution in [1.29, 1.82) is 5.41 Å². The summed E-state index contributed by atoms with van der Waals surface area (Å²) < 4.78 is 0. The van der Waals surface area contributed by atoms with E-state index in [1.54, 1.807) is 28.2 Å². The van der Waals surface area contributed by atoms with Crippen molar-refractivity contribution in [3.05, 3.63) is 52.5 Å². The molecule has 1 aromatic carbocycles. The monoisotopic (exact) mass is 514 g/mol. The summed E-state index contributed by atoms with van der Waals surface area (Å²) in [6, 6.07) is 8.59. The van der Waals surface area contributed by atoms with Gasteiger partial charge < -0.3 is 21.3 Å². The maximum absolute atomic E-state index is 13.4. The van der Waals surface area contributed by atoms with Crippen molar-refractivity contribution >= 4 is 46.7 Å². The average molecular weight is 515 g/mol. The number of hydrogen-bond donors (Lipinski definition) is 4. The van der Waals surface area contributed by atoms with Gasteiger partial charge in [0.05, 0.1) is 11.4 Å². The predicted octanol–water partition coefficient (Wildman–Crippen LogP) is 2.00. The quantitative estimate of drug-likeness (QED) is 0.164. The number of guanidine groups is 1. The summed E-state index contributed by atoms with van der Waals surface area (Å²) in [4.78, 5) is 45.7. The van der Waals surface area contributed by atoms with E-state index in [0.717, 1.165) is 18.4 Å². The van der Waals surface area contributed by atoms with Gasteiger partial charge in [-0.25, -0.2) is 4.98 Å². The van der Waals surface area contributed by atoms with E-state index in [0.29, 0.717) is 36.6 Å². The summed E-state index contributed by atoms with van der Waals surface area (Å²) in [5.74, 6) is -0.297. The zero-order valence-corrected chi connectivity index (χ0v) is 20.9. The molecule has 9 nitrogen and oxygen atoms in total. The van der Waals surface area contributed by atoms with Crippen LogP contribution in [0.3, 0.4) is 0 Å². The first-order valence-electron chi connectivity index (χ1n) is 11.7. The Kier molecular flexibility index (Phi) is 8.40. The van der Waals surface area contributed by atoms with Crippen LogP contribution in [0, 0.1) is 11.3 Å². The first-order chi connectivity index (χ1) is 16.9. The minimum atomic E-state index is -0.758. The molecule has 5 N–H and O–H groups in total. The molecule has 4 rings (SSSR count). The van der Waals surface area contributed by atoms with E-state index < -0.39 is 12.1 Å². The Balaban J connectivity index is 1.43. The third-order valence-corrected chi connectivity index (χ3v) is 8.49. The number of benzene rings is 1. The number of nitrogens with two attached hydrogens (primary N) is 1. The number of nitrogens with zero attached hydrogens (tertiary/aromatic N) is 2. The fraction of sp³-hybridized carbons (Fsp3) is 0.458. The van der Waals surface area contributed by atoms with Crippen molar-refractivity contribution in [2.24, 2.45) is 11.7 Å². The Labute approximate surface area is 212 Å². The molecule has 0 aliphatic carbocycles. The van der Waals surface area contributed by atoms with Gasteiger partial charge in [-0.2, -0.15) is 0 Å². The summed E-state index contributed by atoms with van der Waals surface area (Å²) in [5, 5.41) is 15.0. The van der Waals surface area contributed by atoms with Gasteiger partial charge in [0.15, 0.2) is 11.0 Å². The number of rotatable bonds is 10. The van der Waals surface area contributed by atoms with E-state index in [1.165, 1.54) is 11.3 Å². The fourth-order valence-corrected chi connectivity index (χ4v) is 6.67. The number of nitrogens with one attached hydrogen (secondary N) is 3. The van der Waals surface area contributed by atoms with Gasteiger partial charge in [-0.05, 0) is 37.7 Å². The van der Waals surface area contributed by atoms with Gasteiger partial charge in [-0.3, -0.25) is 19.8 Å². The predicted molar refractivity (Wildman–Crippen MR) is 137 cm³/mol. The van der Waals surface area contributed by atoms with Crippen LogP contribution in [0.25, 0.3) is 0 Å². The molecule has 186 valence electrons. The van der Waals surface area contributed by atoms with Crippen molar-refractivity contribution in [2.75, 3.05) is 12.3 Å². The van der Waals surface area contributed by atoms with Crippen molar-refractivity contribution in [3.63, 3.8) is 0 Å². The van der Waals surface area contributed by atoms with Crippen LogP contribution < -0.4 is 16.4 Å². The number of thioether (sulfide) groups is 1. The number of amides is 2. The highest BCUT2D eigenvalue weighted by molar-refractivity contribution is 8.00. The molecular formula is C24H30N6O3S2. The topological polar surface area (TPSA) is 141 Å². The Morgan fingerprint density at radius 2 is 2.06 bits per heavy atom. The van der Waals surface area contributed by atoms with Crippen molar-refractivity contribution in [3.8, 4) is 0 Å². The summed E-state index contributed by atoms with van der Waals surface area (Å²) >= 11 is 2.87. The molecule has 3 heterocycles. The average Bonchev–Trinajstić information content (AvgIpc) is 3.53. The van der Waals surface area contributed by atoms with Crippen molar-refractivity contribution in [2.45, 2.75) is 49.6 Å². The number of piperidine rings is 1. The molecule has 1 aromatic heterocycles. The molecule has 0 saturated carbocycles. The smallest absolute Gasteiger partial charge is 0.244 e. The zero-order chi connectivity index (χ0) is 24.8. The van der Waals surface area contributed by atoms with E-state index in [1.807, 2.05) is 30.3 Å². The maximum Gasteiger partial charge on any atom is 0.244 e. The van der Waals surface area contributed by atoms with Crippen LogP contribution in [-0.4, -0.2) is 63.2 Å². The van der Waals surface area contributed by atoms with E-state index >= 15 is 0 Å². The van der Waals surface area contributed by atoms with Crippen LogP contribution in [0.4, 0.5) is 0 Å². The second-order valence-corrected chi connectivity index (χ2v) is 10.9. The van der Waals surface area contributed by atoms with Gasteiger partial charge >= 0.3 is 0 Å². The van der Waals surface area contributed by atoms with E-state index in [4.69, 9.17) is 11.1 Å². The Hall–Kier alpha value is -2.92. The number of aromatic nitrogens is 1. The molecule has 0 spiro atoms. The summed E-state index contributed by atoms with van der Waals surface area (Å²) in [5.41, 5.74) is 6.45. The van der Waals surface area contributed by atoms with Crippen LogP contribution >= 0.6 is 23.1 Å².